The van der Waals surface area contributed by atoms with E-state index in [1.165, 1.54) is 0 Å². The Labute approximate surface area is 61.3 Å². The van der Waals surface area contributed by atoms with Crippen molar-refractivity contribution in [3.05, 3.63) is 0 Å². The van der Waals surface area contributed by atoms with Crippen molar-refractivity contribution < 1.29 is 4.74 Å². The van der Waals surface area contributed by atoms with Gasteiger partial charge in [-0.05, 0) is 13.8 Å². The Balaban J connectivity index is 3.38. The molecule has 0 saturated heterocycles. The van der Waals surface area contributed by atoms with Gasteiger partial charge in [-0.15, -0.1) is 0 Å². The second-order valence-corrected chi connectivity index (χ2v) is 2.03. The molecule has 1 unspecified atom stereocenters. The fraction of sp³-hybridized carbons (Fsp3) is 0.833. The van der Waals surface area contributed by atoms with E-state index in [0.29, 0.717) is 13.2 Å². The lowest BCUT2D eigenvalue weighted by Gasteiger charge is -2.07. The predicted octanol–water partition coefficient (Wildman–Crippen LogP) is -0.315. The van der Waals surface area contributed by atoms with Gasteiger partial charge in [-0.1, -0.05) is 0 Å². The summed E-state index contributed by atoms with van der Waals surface area (Å²) in [7, 11) is 0. The van der Waals surface area contributed by atoms with E-state index in [4.69, 9.17) is 16.2 Å². The highest BCUT2D eigenvalue weighted by Gasteiger charge is 1.97. The number of nitrogens with zero attached hydrogens (tertiary/aromatic N) is 1. The zero-order chi connectivity index (χ0) is 7.98. The number of hydrogen-bond acceptors (Lipinski definition) is 2. The molecule has 0 aliphatic heterocycles. The maximum absolute atomic E-state index is 5.17. The molecule has 0 bridgehead atoms. The zero-order valence-electron chi connectivity index (χ0n) is 6.50. The first kappa shape index (κ1) is 9.23. The summed E-state index contributed by atoms with van der Waals surface area (Å²) in [5.74, 6) is 0.117. The minimum atomic E-state index is 0.104. The molecular weight excluding hydrogens is 130 g/mol. The number of nitrogens with two attached hydrogens (primary N) is 2. The van der Waals surface area contributed by atoms with Crippen molar-refractivity contribution in [3.8, 4) is 0 Å². The van der Waals surface area contributed by atoms with Crippen molar-refractivity contribution >= 4 is 5.96 Å². The van der Waals surface area contributed by atoms with Gasteiger partial charge < -0.3 is 16.2 Å². The van der Waals surface area contributed by atoms with Crippen LogP contribution in [0.15, 0.2) is 4.99 Å². The lowest BCUT2D eigenvalue weighted by atomic mass is 10.4. The van der Waals surface area contributed by atoms with Crippen molar-refractivity contribution in [1.29, 1.82) is 0 Å². The Bertz CT molecular complexity index is 110. The Morgan fingerprint density at radius 2 is 2.20 bits per heavy atom. The Hall–Kier alpha value is -0.770. The van der Waals surface area contributed by atoms with Crippen LogP contribution in [0.25, 0.3) is 0 Å². The van der Waals surface area contributed by atoms with E-state index in [1.54, 1.807) is 0 Å². The predicted molar refractivity (Wildman–Crippen MR) is 41.8 cm³/mol. The molecule has 0 aliphatic rings. The number of aliphatic imine (C=N–C) groups is 1. The van der Waals surface area contributed by atoms with Crippen LogP contribution in [0.3, 0.4) is 0 Å². The highest BCUT2D eigenvalue weighted by molar-refractivity contribution is 5.75. The molecule has 0 amide bonds. The monoisotopic (exact) mass is 145 g/mol. The SMILES string of the molecule is CCOC(C)CN=C(N)N. The van der Waals surface area contributed by atoms with Crippen LogP contribution in [0.4, 0.5) is 0 Å². The third-order valence-corrected chi connectivity index (χ3v) is 0.982. The Morgan fingerprint density at radius 1 is 1.60 bits per heavy atom. The molecule has 0 aromatic rings. The summed E-state index contributed by atoms with van der Waals surface area (Å²) in [4.78, 5) is 3.79. The standard InChI is InChI=1S/C6H15N3O/c1-3-10-5(2)4-9-6(7)8/h5H,3-4H2,1-2H3,(H4,7,8,9). The summed E-state index contributed by atoms with van der Waals surface area (Å²) in [5.41, 5.74) is 10.2. The molecule has 0 rings (SSSR count). The van der Waals surface area contributed by atoms with Gasteiger partial charge in [-0.25, -0.2) is 0 Å². The molecule has 0 saturated carbocycles. The van der Waals surface area contributed by atoms with E-state index in [9.17, 15) is 0 Å². The van der Waals surface area contributed by atoms with Crippen molar-refractivity contribution in [2.24, 2.45) is 16.5 Å². The molecule has 0 aliphatic carbocycles. The number of rotatable bonds is 4. The maximum atomic E-state index is 5.17. The molecule has 4 nitrogen and oxygen atoms in total. The first-order valence-corrected chi connectivity index (χ1v) is 3.33. The van der Waals surface area contributed by atoms with Gasteiger partial charge in [-0.2, -0.15) is 0 Å². The number of hydrogen-bond donors (Lipinski definition) is 2. The number of ether oxygens (including phenoxy) is 1. The first-order chi connectivity index (χ1) is 4.66. The van der Waals surface area contributed by atoms with Gasteiger partial charge >= 0.3 is 0 Å². The molecule has 0 heterocycles. The van der Waals surface area contributed by atoms with Crippen molar-refractivity contribution in [2.75, 3.05) is 13.2 Å². The molecule has 4 heteroatoms. The van der Waals surface area contributed by atoms with E-state index in [0.717, 1.165) is 0 Å². The average molecular weight is 145 g/mol. The van der Waals surface area contributed by atoms with Gasteiger partial charge in [0.2, 0.25) is 0 Å². The zero-order valence-corrected chi connectivity index (χ0v) is 6.50. The maximum Gasteiger partial charge on any atom is 0.185 e. The van der Waals surface area contributed by atoms with Crippen molar-refractivity contribution in [3.63, 3.8) is 0 Å². The molecular formula is C6H15N3O. The van der Waals surface area contributed by atoms with Crippen LogP contribution in [0.5, 0.6) is 0 Å². The summed E-state index contributed by atoms with van der Waals surface area (Å²) in [6.45, 7) is 5.10. The molecule has 4 N–H and O–H groups in total. The Kier molecular flexibility index (Phi) is 4.66. The molecule has 0 aromatic carbocycles. The fourth-order valence-corrected chi connectivity index (χ4v) is 0.571. The summed E-state index contributed by atoms with van der Waals surface area (Å²) >= 11 is 0. The van der Waals surface area contributed by atoms with E-state index >= 15 is 0 Å². The van der Waals surface area contributed by atoms with Crippen LogP contribution in [0, 0.1) is 0 Å². The van der Waals surface area contributed by atoms with Gasteiger partial charge in [0.25, 0.3) is 0 Å². The smallest absolute Gasteiger partial charge is 0.185 e. The molecule has 10 heavy (non-hydrogen) atoms. The van der Waals surface area contributed by atoms with Gasteiger partial charge in [0.1, 0.15) is 0 Å². The third-order valence-electron chi connectivity index (χ3n) is 0.982. The van der Waals surface area contributed by atoms with Gasteiger partial charge in [0.15, 0.2) is 5.96 Å². The van der Waals surface area contributed by atoms with Crippen LogP contribution in [0.2, 0.25) is 0 Å². The second kappa shape index (κ2) is 5.05. The Morgan fingerprint density at radius 3 is 2.60 bits per heavy atom. The molecule has 0 radical (unpaired) electrons. The van der Waals surface area contributed by atoms with Crippen LogP contribution in [-0.4, -0.2) is 25.2 Å². The largest absolute Gasteiger partial charge is 0.377 e. The molecule has 1 atom stereocenters. The van der Waals surface area contributed by atoms with Crippen LogP contribution < -0.4 is 11.5 Å². The molecule has 60 valence electrons. The lowest BCUT2D eigenvalue weighted by Crippen LogP contribution is -2.25. The highest BCUT2D eigenvalue weighted by Crippen LogP contribution is 1.89. The van der Waals surface area contributed by atoms with Crippen LogP contribution in [-0.2, 0) is 4.74 Å². The normalized spacial score (nSPS) is 12.6. The van der Waals surface area contributed by atoms with Gasteiger partial charge in [0.05, 0.1) is 12.6 Å². The van der Waals surface area contributed by atoms with Crippen LogP contribution >= 0.6 is 0 Å². The summed E-state index contributed by atoms with van der Waals surface area (Å²) in [5, 5.41) is 0. The summed E-state index contributed by atoms with van der Waals surface area (Å²) in [6, 6.07) is 0. The highest BCUT2D eigenvalue weighted by atomic mass is 16.5. The van der Waals surface area contributed by atoms with Crippen LogP contribution in [0.1, 0.15) is 13.8 Å². The summed E-state index contributed by atoms with van der Waals surface area (Å²) in [6.07, 6.45) is 0.104. The number of guanidine groups is 1. The minimum absolute atomic E-state index is 0.104. The minimum Gasteiger partial charge on any atom is -0.377 e. The summed E-state index contributed by atoms with van der Waals surface area (Å²) < 4.78 is 5.17. The quantitative estimate of drug-likeness (QED) is 0.421. The average Bonchev–Trinajstić information content (AvgIpc) is 1.85. The second-order valence-electron chi connectivity index (χ2n) is 2.03. The lowest BCUT2D eigenvalue weighted by molar-refractivity contribution is 0.0829. The van der Waals surface area contributed by atoms with E-state index in [2.05, 4.69) is 4.99 Å². The molecule has 0 fully saturated rings. The first-order valence-electron chi connectivity index (χ1n) is 3.33. The van der Waals surface area contributed by atoms with Crippen molar-refractivity contribution in [1.82, 2.24) is 0 Å². The van der Waals surface area contributed by atoms with Gasteiger partial charge in [-0.3, -0.25) is 4.99 Å². The van der Waals surface area contributed by atoms with Crippen molar-refractivity contribution in [2.45, 2.75) is 20.0 Å². The van der Waals surface area contributed by atoms with E-state index in [1.807, 2.05) is 13.8 Å². The molecule has 0 aromatic heterocycles. The van der Waals surface area contributed by atoms with Gasteiger partial charge in [0, 0.05) is 6.61 Å². The molecule has 0 spiro atoms. The van der Waals surface area contributed by atoms with E-state index < -0.39 is 0 Å². The topological polar surface area (TPSA) is 73.6 Å². The van der Waals surface area contributed by atoms with E-state index in [-0.39, 0.29) is 12.1 Å². The fourth-order valence-electron chi connectivity index (χ4n) is 0.571. The third kappa shape index (κ3) is 5.37.